The van der Waals surface area contributed by atoms with Crippen molar-refractivity contribution in [3.63, 3.8) is 0 Å². The topological polar surface area (TPSA) is 26.3 Å². The SMILES string of the molecule is C1CCC([PH+](C2CCCCC2)C2CCCCC2)CC1.C1CCC([PH+](C2CCCCC2)C2CCCCC2)CC1.CC(C)(Br)C(=O)OC[CH]=[Ru]([Cl])[Cl]. The number of hydrogen-bond acceptors (Lipinski definition) is 2. The summed E-state index contributed by atoms with van der Waals surface area (Å²) in [4.78, 5) is 11.1. The molecule has 6 aliphatic carbocycles. The van der Waals surface area contributed by atoms with Crippen LogP contribution < -0.4 is 0 Å². The summed E-state index contributed by atoms with van der Waals surface area (Å²) in [6.45, 7) is 3.62. The standard InChI is InChI=1S/2C18H33P.C6H9BrO2.2ClH.Ru/c2*1-4-10-16(11-5-1)19(17-12-6-2-7-13-17)18-14-8-3-9-15-18;1-4-9-5(8)6(2,3)7;;;/h2*16-18H,1-15H2;1H,4H2,2-3H3;2*1H;/q;;;;;+2. The summed E-state index contributed by atoms with van der Waals surface area (Å²) in [6.07, 6.45) is 47.6. The van der Waals surface area contributed by atoms with E-state index in [0.717, 1.165) is 0 Å². The van der Waals surface area contributed by atoms with Crippen molar-refractivity contribution in [1.29, 1.82) is 0 Å². The molecule has 0 saturated heterocycles. The normalized spacial score (nSPS) is 24.9. The molecule has 6 rings (SSSR count). The Balaban J connectivity index is 0.000000174. The molecule has 8 heteroatoms. The number of halogens is 3. The van der Waals surface area contributed by atoms with Gasteiger partial charge < -0.3 is 0 Å². The summed E-state index contributed by atoms with van der Waals surface area (Å²) in [5, 5.41) is 0. The molecule has 6 fully saturated rings. The van der Waals surface area contributed by atoms with E-state index in [0.29, 0.717) is 0 Å². The second kappa shape index (κ2) is 25.2. The molecular weight excluding hydrogens is 850 g/mol. The van der Waals surface area contributed by atoms with Crippen LogP contribution in [0.5, 0.6) is 0 Å². The van der Waals surface area contributed by atoms with Gasteiger partial charge in [-0.05, 0) is 154 Å². The fraction of sp³-hybridized carbons (Fsp3) is 0.952. The van der Waals surface area contributed by atoms with Crippen molar-refractivity contribution in [2.24, 2.45) is 0 Å². The summed E-state index contributed by atoms with van der Waals surface area (Å²) in [5.74, 6) is -0.317. The van der Waals surface area contributed by atoms with Gasteiger partial charge in [0.15, 0.2) is 0 Å². The van der Waals surface area contributed by atoms with Crippen molar-refractivity contribution < 1.29 is 23.0 Å². The molecule has 0 aliphatic heterocycles. The number of carbonyl (C=O) groups excluding carboxylic acids is 1. The van der Waals surface area contributed by atoms with Crippen LogP contribution in [0.1, 0.15) is 206 Å². The summed E-state index contributed by atoms with van der Waals surface area (Å²) in [5.41, 5.74) is 7.36. The van der Waals surface area contributed by atoms with Crippen LogP contribution >= 0.6 is 51.2 Å². The summed E-state index contributed by atoms with van der Waals surface area (Å²) in [6, 6.07) is 0. The predicted molar refractivity (Wildman–Crippen MR) is 230 cm³/mol. The van der Waals surface area contributed by atoms with Gasteiger partial charge in [-0.15, -0.1) is 0 Å². The quantitative estimate of drug-likeness (QED) is 0.0997. The molecule has 0 spiro atoms. The van der Waals surface area contributed by atoms with E-state index in [1.54, 1.807) is 211 Å². The Kier molecular flexibility index (Phi) is 22.5. The molecule has 0 heterocycles. The van der Waals surface area contributed by atoms with E-state index in [1.165, 1.54) is 34.0 Å². The van der Waals surface area contributed by atoms with Gasteiger partial charge in [0.25, 0.3) is 0 Å². The average Bonchev–Trinajstić information content (AvgIpc) is 3.15. The zero-order valence-corrected chi connectivity index (χ0v) is 39.1. The molecule has 50 heavy (non-hydrogen) atoms. The monoisotopic (exact) mass is 926 g/mol. The van der Waals surface area contributed by atoms with Crippen LogP contribution in [0, 0.1) is 0 Å². The number of ether oxygens (including phenoxy) is 1. The first-order valence-corrected chi connectivity index (χ1v) is 31.4. The third-order valence-corrected chi connectivity index (χ3v) is 24.9. The van der Waals surface area contributed by atoms with E-state index < -0.39 is 17.8 Å². The number of alkyl halides is 1. The third kappa shape index (κ3) is 16.2. The van der Waals surface area contributed by atoms with Crippen molar-refractivity contribution in [2.45, 2.75) is 245 Å². The van der Waals surface area contributed by atoms with Crippen molar-refractivity contribution in [3.8, 4) is 0 Å². The Bertz CT molecular complexity index is 800. The van der Waals surface area contributed by atoms with E-state index >= 15 is 0 Å². The van der Waals surface area contributed by atoms with Crippen molar-refractivity contribution in [1.82, 2.24) is 0 Å². The fourth-order valence-corrected chi connectivity index (χ4v) is 22.4. The molecule has 2 nitrogen and oxygen atoms in total. The Labute approximate surface area is 333 Å². The first-order valence-electron chi connectivity index (χ1n) is 21.6. The van der Waals surface area contributed by atoms with E-state index in [1.807, 2.05) is 0 Å². The van der Waals surface area contributed by atoms with Crippen LogP contribution in [0.4, 0.5) is 0 Å². The van der Waals surface area contributed by atoms with Gasteiger partial charge in [-0.2, -0.15) is 0 Å². The van der Waals surface area contributed by atoms with Gasteiger partial charge in [-0.3, -0.25) is 0 Å². The van der Waals surface area contributed by atoms with Gasteiger partial charge in [-0.1, -0.05) is 38.5 Å². The molecule has 0 unspecified atom stereocenters. The number of rotatable bonds is 9. The van der Waals surface area contributed by atoms with E-state index in [4.69, 9.17) is 24.1 Å². The van der Waals surface area contributed by atoms with E-state index in [-0.39, 0.29) is 28.4 Å². The molecule has 0 aromatic carbocycles. The Hall–Kier alpha value is 1.88. The van der Waals surface area contributed by atoms with Crippen LogP contribution in [-0.2, 0) is 23.0 Å². The fourth-order valence-electron chi connectivity index (χ4n) is 10.9. The second-order valence-corrected chi connectivity index (χ2v) is 32.2. The first kappa shape index (κ1) is 44.6. The molecular formula is C42H77BrCl2O2P2Ru+2. The van der Waals surface area contributed by atoms with Crippen LogP contribution in [-0.4, -0.2) is 55.5 Å². The van der Waals surface area contributed by atoms with E-state index in [9.17, 15) is 4.79 Å². The Morgan fingerprint density at radius 3 is 0.940 bits per heavy atom. The first-order chi connectivity index (χ1) is 24.2. The zero-order valence-electron chi connectivity index (χ0n) is 32.3. The minimum atomic E-state index is -1.79. The molecule has 0 atom stereocenters. The van der Waals surface area contributed by atoms with Gasteiger partial charge in [0.2, 0.25) is 0 Å². The van der Waals surface area contributed by atoms with Crippen LogP contribution in [0.15, 0.2) is 0 Å². The number of carbonyl (C=O) groups is 1. The molecule has 294 valence electrons. The summed E-state index contributed by atoms with van der Waals surface area (Å²) < 4.78 is 5.83. The predicted octanol–water partition coefficient (Wildman–Crippen LogP) is 14.8. The van der Waals surface area contributed by atoms with Crippen molar-refractivity contribution in [2.75, 3.05) is 6.61 Å². The van der Waals surface area contributed by atoms with Crippen LogP contribution in [0.3, 0.4) is 0 Å². The van der Waals surface area contributed by atoms with Gasteiger partial charge in [0.1, 0.15) is 0 Å². The molecule has 6 aliphatic rings. The Morgan fingerprint density at radius 2 is 0.760 bits per heavy atom. The molecule has 0 aromatic heterocycles. The van der Waals surface area contributed by atoms with Crippen molar-refractivity contribution in [3.05, 3.63) is 0 Å². The maximum absolute atomic E-state index is 11.1. The molecule has 0 aromatic rings. The number of esters is 1. The van der Waals surface area contributed by atoms with E-state index in [2.05, 4.69) is 15.9 Å². The second-order valence-electron chi connectivity index (χ2n) is 17.4. The van der Waals surface area contributed by atoms with Gasteiger partial charge >= 0.3 is 93.7 Å². The zero-order chi connectivity index (χ0) is 35.6. The van der Waals surface area contributed by atoms with Crippen LogP contribution in [0.2, 0.25) is 0 Å². The van der Waals surface area contributed by atoms with Gasteiger partial charge in [-0.25, -0.2) is 0 Å². The third-order valence-electron chi connectivity index (χ3n) is 13.3. The molecule has 0 bridgehead atoms. The van der Waals surface area contributed by atoms with Crippen LogP contribution in [0.25, 0.3) is 0 Å². The average molecular weight is 928 g/mol. The molecule has 6 saturated carbocycles. The molecule has 0 radical (unpaired) electrons. The molecule has 0 amide bonds. The minimum absolute atomic E-state index is 0.0465. The Morgan fingerprint density at radius 1 is 0.540 bits per heavy atom. The summed E-state index contributed by atoms with van der Waals surface area (Å²) >= 11 is 1.37. The van der Waals surface area contributed by atoms with Gasteiger partial charge in [0.05, 0.1) is 34.0 Å². The van der Waals surface area contributed by atoms with Crippen molar-refractivity contribution >= 4 is 61.7 Å². The number of hydrogen-bond donors (Lipinski definition) is 0. The molecule has 0 N–H and O–H groups in total. The summed E-state index contributed by atoms with van der Waals surface area (Å²) in [7, 11) is 11.0. The maximum atomic E-state index is 11.1. The van der Waals surface area contributed by atoms with Gasteiger partial charge in [0, 0.05) is 15.8 Å².